The molecule has 0 saturated carbocycles. The largest absolute Gasteiger partial charge is 0.450 e. The zero-order chi connectivity index (χ0) is 21.6. The third kappa shape index (κ3) is 5.48. The van der Waals surface area contributed by atoms with E-state index in [4.69, 9.17) is 4.74 Å². The lowest BCUT2D eigenvalue weighted by molar-refractivity contribution is -0.136. The molecule has 1 atom stereocenters. The van der Waals surface area contributed by atoms with Crippen LogP contribution in [0.25, 0.3) is 0 Å². The fourth-order valence-corrected chi connectivity index (χ4v) is 3.40. The van der Waals surface area contributed by atoms with Gasteiger partial charge in [0.05, 0.1) is 18.0 Å². The number of amides is 3. The molecule has 1 aromatic rings. The molecular weight excluding hydrogens is 374 g/mol. The van der Waals surface area contributed by atoms with Gasteiger partial charge in [0.1, 0.15) is 6.04 Å². The summed E-state index contributed by atoms with van der Waals surface area (Å²) in [4.78, 5) is 40.4. The van der Waals surface area contributed by atoms with Crippen LogP contribution in [0.5, 0.6) is 0 Å². The minimum atomic E-state index is -0.498. The molecule has 1 fully saturated rings. The molecule has 9 nitrogen and oxygen atoms in total. The number of hydrogen-bond donors (Lipinski definition) is 1. The van der Waals surface area contributed by atoms with Crippen molar-refractivity contribution in [3.8, 4) is 0 Å². The molecule has 1 aromatic heterocycles. The van der Waals surface area contributed by atoms with Gasteiger partial charge in [-0.25, -0.2) is 4.79 Å². The number of anilines is 1. The summed E-state index contributed by atoms with van der Waals surface area (Å²) in [5, 5.41) is 7.36. The Balaban J connectivity index is 1.98. The van der Waals surface area contributed by atoms with Gasteiger partial charge in [-0.1, -0.05) is 13.8 Å². The van der Waals surface area contributed by atoms with Crippen LogP contribution in [0.4, 0.5) is 10.5 Å². The van der Waals surface area contributed by atoms with Gasteiger partial charge in [0.25, 0.3) is 0 Å². The second-order valence-corrected chi connectivity index (χ2v) is 7.30. The first kappa shape index (κ1) is 22.7. The van der Waals surface area contributed by atoms with Crippen LogP contribution in [0.2, 0.25) is 0 Å². The molecule has 0 radical (unpaired) electrons. The van der Waals surface area contributed by atoms with Gasteiger partial charge in [-0.05, 0) is 33.6 Å². The van der Waals surface area contributed by atoms with Crippen LogP contribution < -0.4 is 5.32 Å². The number of rotatable bonds is 7. The Morgan fingerprint density at radius 1 is 1.10 bits per heavy atom. The summed E-state index contributed by atoms with van der Waals surface area (Å²) in [5.74, 6) is -0.118. The number of aryl methyl sites for hydroxylation is 1. The van der Waals surface area contributed by atoms with Crippen LogP contribution in [0, 0.1) is 12.8 Å². The monoisotopic (exact) mass is 407 g/mol. The standard InChI is InChI=1S/C20H33N5O4/c1-6-16(7-2)18(26)21-17-13-25(22-14(17)4)15(5)19(27)23-9-11-24(12-10-23)20(28)29-8-3/h13,15-16H,6-12H2,1-5H3,(H,21,26). The summed E-state index contributed by atoms with van der Waals surface area (Å²) >= 11 is 0. The summed E-state index contributed by atoms with van der Waals surface area (Å²) in [6.07, 6.45) is 2.94. The van der Waals surface area contributed by atoms with Crippen LogP contribution in [0.3, 0.4) is 0 Å². The Morgan fingerprint density at radius 3 is 2.24 bits per heavy atom. The molecule has 0 spiro atoms. The van der Waals surface area contributed by atoms with E-state index in [0.29, 0.717) is 44.2 Å². The third-order valence-corrected chi connectivity index (χ3v) is 5.40. The van der Waals surface area contributed by atoms with Gasteiger partial charge in [0.2, 0.25) is 11.8 Å². The van der Waals surface area contributed by atoms with E-state index < -0.39 is 6.04 Å². The maximum Gasteiger partial charge on any atom is 0.409 e. The van der Waals surface area contributed by atoms with Crippen LogP contribution >= 0.6 is 0 Å². The van der Waals surface area contributed by atoms with Crippen molar-refractivity contribution in [1.82, 2.24) is 19.6 Å². The zero-order valence-electron chi connectivity index (χ0n) is 18.1. The maximum atomic E-state index is 12.9. The quantitative estimate of drug-likeness (QED) is 0.749. The first-order valence-corrected chi connectivity index (χ1v) is 10.4. The third-order valence-electron chi connectivity index (χ3n) is 5.40. The zero-order valence-corrected chi connectivity index (χ0v) is 18.1. The van der Waals surface area contributed by atoms with Gasteiger partial charge in [-0.2, -0.15) is 5.10 Å². The van der Waals surface area contributed by atoms with E-state index in [9.17, 15) is 14.4 Å². The Kier molecular flexibility index (Phi) is 8.04. The Morgan fingerprint density at radius 2 is 1.69 bits per heavy atom. The van der Waals surface area contributed by atoms with Crippen LogP contribution in [0.15, 0.2) is 6.20 Å². The lowest BCUT2D eigenvalue weighted by Crippen LogP contribution is -2.52. The number of ether oxygens (including phenoxy) is 1. The normalized spacial score (nSPS) is 15.4. The molecule has 2 rings (SSSR count). The van der Waals surface area contributed by atoms with E-state index in [1.54, 1.807) is 34.5 Å². The Labute approximate surface area is 172 Å². The predicted molar refractivity (Wildman–Crippen MR) is 110 cm³/mol. The number of nitrogens with one attached hydrogen (secondary N) is 1. The van der Waals surface area contributed by atoms with Gasteiger partial charge >= 0.3 is 6.09 Å². The van der Waals surface area contributed by atoms with E-state index in [1.807, 2.05) is 20.8 Å². The summed E-state index contributed by atoms with van der Waals surface area (Å²) in [5.41, 5.74) is 1.31. The van der Waals surface area contributed by atoms with Crippen molar-refractivity contribution < 1.29 is 19.1 Å². The van der Waals surface area contributed by atoms with Crippen molar-refractivity contribution in [3.63, 3.8) is 0 Å². The van der Waals surface area contributed by atoms with Crippen LogP contribution in [-0.2, 0) is 14.3 Å². The van der Waals surface area contributed by atoms with Gasteiger partial charge < -0.3 is 19.9 Å². The van der Waals surface area contributed by atoms with Crippen molar-refractivity contribution in [1.29, 1.82) is 0 Å². The summed E-state index contributed by atoms with van der Waals surface area (Å²) in [6, 6.07) is -0.498. The van der Waals surface area contributed by atoms with E-state index in [2.05, 4.69) is 10.4 Å². The van der Waals surface area contributed by atoms with Crippen molar-refractivity contribution in [3.05, 3.63) is 11.9 Å². The van der Waals surface area contributed by atoms with E-state index in [0.717, 1.165) is 12.8 Å². The molecule has 162 valence electrons. The van der Waals surface area contributed by atoms with Crippen molar-refractivity contribution >= 4 is 23.6 Å². The molecule has 1 unspecified atom stereocenters. The van der Waals surface area contributed by atoms with Crippen molar-refractivity contribution in [2.24, 2.45) is 5.92 Å². The fraction of sp³-hybridized carbons (Fsp3) is 0.700. The molecule has 1 aliphatic rings. The number of hydrogen-bond acceptors (Lipinski definition) is 5. The molecule has 29 heavy (non-hydrogen) atoms. The lowest BCUT2D eigenvalue weighted by atomic mass is 10.0. The highest BCUT2D eigenvalue weighted by Gasteiger charge is 2.29. The lowest BCUT2D eigenvalue weighted by Gasteiger charge is -2.35. The topological polar surface area (TPSA) is 96.8 Å². The molecule has 1 N–H and O–H groups in total. The highest BCUT2D eigenvalue weighted by Crippen LogP contribution is 2.20. The number of carbonyl (C=O) groups excluding carboxylic acids is 3. The summed E-state index contributed by atoms with van der Waals surface area (Å²) in [7, 11) is 0. The van der Waals surface area contributed by atoms with Crippen LogP contribution in [0.1, 0.15) is 52.3 Å². The number of aromatic nitrogens is 2. The smallest absolute Gasteiger partial charge is 0.409 e. The van der Waals surface area contributed by atoms with Gasteiger partial charge in [-0.15, -0.1) is 0 Å². The molecule has 0 aromatic carbocycles. The minimum absolute atomic E-state index is 0.0216. The molecule has 2 heterocycles. The van der Waals surface area contributed by atoms with Gasteiger partial charge in [-0.3, -0.25) is 14.3 Å². The second kappa shape index (κ2) is 10.3. The average Bonchev–Trinajstić information content (AvgIpc) is 3.08. The molecular formula is C20H33N5O4. The Bertz CT molecular complexity index is 720. The maximum absolute atomic E-state index is 12.9. The summed E-state index contributed by atoms with van der Waals surface area (Å²) < 4.78 is 6.60. The van der Waals surface area contributed by atoms with Crippen molar-refractivity contribution in [2.75, 3.05) is 38.1 Å². The average molecular weight is 408 g/mol. The van der Waals surface area contributed by atoms with Gasteiger partial charge in [0, 0.05) is 38.3 Å². The first-order chi connectivity index (χ1) is 13.8. The summed E-state index contributed by atoms with van der Waals surface area (Å²) in [6.45, 7) is 11.5. The van der Waals surface area contributed by atoms with Gasteiger partial charge in [0.15, 0.2) is 0 Å². The minimum Gasteiger partial charge on any atom is -0.450 e. The van der Waals surface area contributed by atoms with Crippen molar-refractivity contribution in [2.45, 2.75) is 53.5 Å². The molecule has 1 aliphatic heterocycles. The fourth-order valence-electron chi connectivity index (χ4n) is 3.40. The highest BCUT2D eigenvalue weighted by atomic mass is 16.6. The van der Waals surface area contributed by atoms with E-state index in [-0.39, 0.29) is 23.8 Å². The number of carbonyl (C=O) groups is 3. The second-order valence-electron chi connectivity index (χ2n) is 7.30. The molecule has 9 heteroatoms. The SMILES string of the molecule is CCOC(=O)N1CCN(C(=O)C(C)n2cc(NC(=O)C(CC)CC)c(C)n2)CC1. The number of piperazine rings is 1. The van der Waals surface area contributed by atoms with E-state index in [1.165, 1.54) is 0 Å². The van der Waals surface area contributed by atoms with Crippen LogP contribution in [-0.4, -0.2) is 70.3 Å². The Hall–Kier alpha value is -2.58. The molecule has 0 bridgehead atoms. The van der Waals surface area contributed by atoms with E-state index >= 15 is 0 Å². The molecule has 3 amide bonds. The number of nitrogens with zero attached hydrogens (tertiary/aromatic N) is 4. The first-order valence-electron chi connectivity index (χ1n) is 10.4. The molecule has 1 saturated heterocycles. The molecule has 0 aliphatic carbocycles. The predicted octanol–water partition coefficient (Wildman–Crippen LogP) is 2.43. The highest BCUT2D eigenvalue weighted by molar-refractivity contribution is 5.93.